The molecule has 0 unspecified atom stereocenters. The molecule has 1 saturated heterocycles. The largest absolute Gasteiger partial charge is 0.388 e. The third kappa shape index (κ3) is 5.48. The third-order valence-corrected chi connectivity index (χ3v) is 3.43. The van der Waals surface area contributed by atoms with Crippen LogP contribution < -0.4 is 0 Å². The van der Waals surface area contributed by atoms with E-state index in [4.69, 9.17) is 16.3 Å². The predicted molar refractivity (Wildman–Crippen MR) is 67.1 cm³/mol. The van der Waals surface area contributed by atoms with Gasteiger partial charge in [0.15, 0.2) is 0 Å². The molecule has 1 N–H and O–H groups in total. The fourth-order valence-electron chi connectivity index (χ4n) is 2.14. The van der Waals surface area contributed by atoms with Gasteiger partial charge in [-0.1, -0.05) is 6.42 Å². The lowest BCUT2D eigenvalue weighted by Gasteiger charge is -2.35. The quantitative estimate of drug-likeness (QED) is 0.552. The fraction of sp³-hybridized carbons (Fsp3) is 1.00. The highest BCUT2D eigenvalue weighted by molar-refractivity contribution is 6.17. The topological polar surface area (TPSA) is 32.7 Å². The first-order valence-electron chi connectivity index (χ1n) is 6.21. The Labute approximate surface area is 104 Å². The van der Waals surface area contributed by atoms with Crippen molar-refractivity contribution in [3.63, 3.8) is 0 Å². The Kier molecular flexibility index (Phi) is 6.66. The van der Waals surface area contributed by atoms with Gasteiger partial charge in [0.1, 0.15) is 0 Å². The van der Waals surface area contributed by atoms with Crippen LogP contribution in [0.5, 0.6) is 0 Å². The third-order valence-electron chi connectivity index (χ3n) is 3.16. The second-order valence-corrected chi connectivity index (χ2v) is 5.20. The summed E-state index contributed by atoms with van der Waals surface area (Å²) in [5, 5.41) is 10.3. The van der Waals surface area contributed by atoms with Gasteiger partial charge in [-0.3, -0.25) is 0 Å². The van der Waals surface area contributed by atoms with E-state index in [1.165, 1.54) is 6.42 Å². The van der Waals surface area contributed by atoms with Crippen molar-refractivity contribution in [3.05, 3.63) is 0 Å². The summed E-state index contributed by atoms with van der Waals surface area (Å²) < 4.78 is 5.27. The van der Waals surface area contributed by atoms with E-state index in [0.29, 0.717) is 13.2 Å². The fourth-order valence-corrected chi connectivity index (χ4v) is 2.33. The molecular weight excluding hydrogens is 226 g/mol. The molecule has 0 bridgehead atoms. The summed E-state index contributed by atoms with van der Waals surface area (Å²) in [5.41, 5.74) is -0.528. The molecule has 1 rings (SSSR count). The molecule has 0 radical (unpaired) electrons. The molecule has 0 aromatic carbocycles. The van der Waals surface area contributed by atoms with Crippen LogP contribution in [0.1, 0.15) is 32.1 Å². The van der Waals surface area contributed by atoms with Gasteiger partial charge in [0.05, 0.1) is 5.60 Å². The molecule has 0 amide bonds. The van der Waals surface area contributed by atoms with Crippen molar-refractivity contribution >= 4 is 11.6 Å². The first kappa shape index (κ1) is 14.2. The van der Waals surface area contributed by atoms with E-state index in [9.17, 15) is 5.11 Å². The molecule has 0 atom stereocenters. The van der Waals surface area contributed by atoms with Crippen molar-refractivity contribution in [2.75, 3.05) is 39.2 Å². The maximum atomic E-state index is 10.3. The van der Waals surface area contributed by atoms with Crippen molar-refractivity contribution < 1.29 is 9.84 Å². The zero-order valence-electron chi connectivity index (χ0n) is 10.3. The molecule has 0 aliphatic carbocycles. The van der Waals surface area contributed by atoms with Crippen molar-refractivity contribution in [2.24, 2.45) is 0 Å². The summed E-state index contributed by atoms with van der Waals surface area (Å²) in [4.78, 5) is 2.22. The standard InChI is InChI=1S/C12H24ClNO2/c1-14(8-4-2-3-7-13)11-12(15)5-9-16-10-6-12/h15H,2-11H2,1H3. The van der Waals surface area contributed by atoms with E-state index >= 15 is 0 Å². The van der Waals surface area contributed by atoms with Crippen LogP contribution in [0, 0.1) is 0 Å². The average molecular weight is 250 g/mol. The summed E-state index contributed by atoms with van der Waals surface area (Å²) in [7, 11) is 2.08. The van der Waals surface area contributed by atoms with Crippen molar-refractivity contribution in [2.45, 2.75) is 37.7 Å². The van der Waals surface area contributed by atoms with Crippen LogP contribution in [0.25, 0.3) is 0 Å². The minimum atomic E-state index is -0.528. The molecule has 16 heavy (non-hydrogen) atoms. The second-order valence-electron chi connectivity index (χ2n) is 4.82. The number of halogens is 1. The van der Waals surface area contributed by atoms with Gasteiger partial charge in [-0.25, -0.2) is 0 Å². The number of aliphatic hydroxyl groups is 1. The summed E-state index contributed by atoms with van der Waals surface area (Å²) in [6, 6.07) is 0. The predicted octanol–water partition coefficient (Wildman–Crippen LogP) is 1.87. The monoisotopic (exact) mass is 249 g/mol. The van der Waals surface area contributed by atoms with E-state index in [0.717, 1.165) is 44.7 Å². The van der Waals surface area contributed by atoms with Gasteiger partial charge in [-0.15, -0.1) is 11.6 Å². The van der Waals surface area contributed by atoms with Crippen molar-refractivity contribution in [1.82, 2.24) is 4.90 Å². The molecule has 4 heteroatoms. The van der Waals surface area contributed by atoms with Gasteiger partial charge >= 0.3 is 0 Å². The average Bonchev–Trinajstić information content (AvgIpc) is 2.25. The van der Waals surface area contributed by atoms with Crippen LogP contribution in [0.15, 0.2) is 0 Å². The van der Waals surface area contributed by atoms with Crippen molar-refractivity contribution in [3.8, 4) is 0 Å². The van der Waals surface area contributed by atoms with Crippen LogP contribution >= 0.6 is 11.6 Å². The van der Waals surface area contributed by atoms with Gasteiger partial charge in [-0.05, 0) is 26.4 Å². The van der Waals surface area contributed by atoms with Gasteiger partial charge in [0, 0.05) is 38.5 Å². The highest BCUT2D eigenvalue weighted by atomic mass is 35.5. The zero-order chi connectivity index (χ0) is 11.9. The lowest BCUT2D eigenvalue weighted by molar-refractivity contribution is -0.0769. The van der Waals surface area contributed by atoms with Crippen LogP contribution in [0.4, 0.5) is 0 Å². The first-order chi connectivity index (χ1) is 7.66. The van der Waals surface area contributed by atoms with Gasteiger partial charge < -0.3 is 14.7 Å². The number of alkyl halides is 1. The molecule has 1 heterocycles. The van der Waals surface area contributed by atoms with E-state index in [2.05, 4.69) is 11.9 Å². The lowest BCUT2D eigenvalue weighted by Crippen LogP contribution is -2.45. The molecule has 1 aliphatic rings. The van der Waals surface area contributed by atoms with Gasteiger partial charge in [0.25, 0.3) is 0 Å². The Morgan fingerprint density at radius 1 is 1.25 bits per heavy atom. The Morgan fingerprint density at radius 2 is 1.94 bits per heavy atom. The summed E-state index contributed by atoms with van der Waals surface area (Å²) >= 11 is 5.63. The Bertz CT molecular complexity index is 184. The molecular formula is C12H24ClNO2. The van der Waals surface area contributed by atoms with Crippen LogP contribution in [0.2, 0.25) is 0 Å². The van der Waals surface area contributed by atoms with Crippen LogP contribution in [-0.4, -0.2) is 54.8 Å². The second kappa shape index (κ2) is 7.49. The first-order valence-corrected chi connectivity index (χ1v) is 6.74. The number of unbranched alkanes of at least 4 members (excludes halogenated alkanes) is 2. The maximum Gasteiger partial charge on any atom is 0.0817 e. The van der Waals surface area contributed by atoms with E-state index in [1.807, 2.05) is 0 Å². The Morgan fingerprint density at radius 3 is 2.56 bits per heavy atom. The van der Waals surface area contributed by atoms with E-state index in [-0.39, 0.29) is 0 Å². The van der Waals surface area contributed by atoms with Crippen LogP contribution in [-0.2, 0) is 4.74 Å². The molecule has 96 valence electrons. The summed E-state index contributed by atoms with van der Waals surface area (Å²) in [6.07, 6.45) is 4.96. The number of hydrogen-bond donors (Lipinski definition) is 1. The van der Waals surface area contributed by atoms with E-state index < -0.39 is 5.60 Å². The van der Waals surface area contributed by atoms with E-state index in [1.54, 1.807) is 0 Å². The number of likely N-dealkylation sites (N-methyl/N-ethyl adjacent to an activating group) is 1. The molecule has 0 spiro atoms. The van der Waals surface area contributed by atoms with Gasteiger partial charge in [0.2, 0.25) is 0 Å². The Balaban J connectivity index is 2.14. The highest BCUT2D eigenvalue weighted by Crippen LogP contribution is 2.21. The molecule has 0 aromatic heterocycles. The number of hydrogen-bond acceptors (Lipinski definition) is 3. The minimum Gasteiger partial charge on any atom is -0.388 e. The van der Waals surface area contributed by atoms with Gasteiger partial charge in [-0.2, -0.15) is 0 Å². The Hall–Kier alpha value is 0.170. The number of nitrogens with zero attached hydrogens (tertiary/aromatic N) is 1. The molecule has 0 saturated carbocycles. The number of rotatable bonds is 7. The smallest absolute Gasteiger partial charge is 0.0817 e. The van der Waals surface area contributed by atoms with Crippen LogP contribution in [0.3, 0.4) is 0 Å². The highest BCUT2D eigenvalue weighted by Gasteiger charge is 2.30. The summed E-state index contributed by atoms with van der Waals surface area (Å²) in [6.45, 7) is 3.18. The maximum absolute atomic E-state index is 10.3. The molecule has 3 nitrogen and oxygen atoms in total. The summed E-state index contributed by atoms with van der Waals surface area (Å²) in [5.74, 6) is 0.755. The molecule has 0 aromatic rings. The molecule has 1 aliphatic heterocycles. The minimum absolute atomic E-state index is 0.528. The SMILES string of the molecule is CN(CCCCCCl)CC1(O)CCOCC1. The van der Waals surface area contributed by atoms with Crippen molar-refractivity contribution in [1.29, 1.82) is 0 Å². The molecule has 1 fully saturated rings. The lowest BCUT2D eigenvalue weighted by atomic mass is 9.94. The zero-order valence-corrected chi connectivity index (χ0v) is 11.0. The normalized spacial score (nSPS) is 20.2. The number of ether oxygens (including phenoxy) is 1.